The van der Waals surface area contributed by atoms with Gasteiger partial charge in [0.15, 0.2) is 0 Å². The summed E-state index contributed by atoms with van der Waals surface area (Å²) in [6.07, 6.45) is 12.8. The summed E-state index contributed by atoms with van der Waals surface area (Å²) in [4.78, 5) is 25.1. The average molecular weight is 572 g/mol. The van der Waals surface area contributed by atoms with E-state index in [9.17, 15) is 14.7 Å². The molecule has 2 N–H and O–H groups in total. The smallest absolute Gasteiger partial charge is 0.335 e. The number of benzene rings is 1. The summed E-state index contributed by atoms with van der Waals surface area (Å²) in [5.41, 5.74) is 4.62. The highest BCUT2D eigenvalue weighted by Crippen LogP contribution is 2.77. The molecule has 0 bridgehead atoms. The maximum Gasteiger partial charge on any atom is 0.335 e. The number of rotatable bonds is 4. The number of hydrogen-bond acceptors (Lipinski definition) is 2. The minimum Gasteiger partial charge on any atom is -0.478 e. The van der Waals surface area contributed by atoms with Crippen molar-refractivity contribution in [2.45, 2.75) is 99.3 Å². The predicted octanol–water partition coefficient (Wildman–Crippen LogP) is 8.78. The number of aromatic carboxylic acids is 1. The van der Waals surface area contributed by atoms with Crippen LogP contribution >= 0.6 is 0 Å². The zero-order valence-electron chi connectivity index (χ0n) is 27.1. The van der Waals surface area contributed by atoms with Crippen LogP contribution in [0, 0.1) is 56.7 Å². The van der Waals surface area contributed by atoms with E-state index < -0.39 is 5.97 Å². The molecule has 0 heterocycles. The molecule has 5 aliphatic carbocycles. The Hall–Kier alpha value is -2.36. The van der Waals surface area contributed by atoms with E-state index in [2.05, 4.69) is 59.5 Å². The molecule has 4 nitrogen and oxygen atoms in total. The lowest BCUT2D eigenvalue weighted by molar-refractivity contribution is -0.224. The molecule has 0 saturated heterocycles. The molecule has 6 rings (SSSR count). The second-order valence-corrected chi connectivity index (χ2v) is 16.3. The fourth-order valence-electron chi connectivity index (χ4n) is 12.7. The van der Waals surface area contributed by atoms with E-state index >= 15 is 0 Å². The SMILES string of the molecule is C=C(C)[C@@H]1CC[C@]2(C(=O)NC)CC[C@]3(C)C(CCC4[C@@]5(C)CC=C(c6ccc(C(=O)O)cc6)C(C)(C)C5CC[C@]43C)C12. The summed E-state index contributed by atoms with van der Waals surface area (Å²) >= 11 is 0. The highest BCUT2D eigenvalue weighted by Gasteiger charge is 2.71. The number of carboxylic acid groups (broad SMARTS) is 1. The lowest BCUT2D eigenvalue weighted by Gasteiger charge is -2.72. The molecule has 0 aromatic heterocycles. The molecule has 0 radical (unpaired) electrons. The predicted molar refractivity (Wildman–Crippen MR) is 170 cm³/mol. The van der Waals surface area contributed by atoms with E-state index in [1.54, 1.807) is 12.1 Å². The van der Waals surface area contributed by atoms with Crippen LogP contribution in [0.2, 0.25) is 0 Å². The Morgan fingerprint density at radius 1 is 0.881 bits per heavy atom. The van der Waals surface area contributed by atoms with Gasteiger partial charge in [0.25, 0.3) is 0 Å². The van der Waals surface area contributed by atoms with Crippen LogP contribution in [0.4, 0.5) is 0 Å². The number of carbonyl (C=O) groups is 2. The van der Waals surface area contributed by atoms with Crippen molar-refractivity contribution in [3.8, 4) is 0 Å². The fraction of sp³-hybridized carbons (Fsp3) is 0.684. The van der Waals surface area contributed by atoms with Crippen LogP contribution in [0.25, 0.3) is 5.57 Å². The van der Waals surface area contributed by atoms with E-state index in [-0.39, 0.29) is 33.0 Å². The lowest BCUT2D eigenvalue weighted by atomic mass is 9.32. The van der Waals surface area contributed by atoms with Gasteiger partial charge in [-0.15, -0.1) is 0 Å². The minimum absolute atomic E-state index is 0.00819. The zero-order valence-corrected chi connectivity index (χ0v) is 27.1. The van der Waals surface area contributed by atoms with Gasteiger partial charge in [-0.05, 0) is 139 Å². The number of allylic oxidation sites excluding steroid dienone is 3. The Morgan fingerprint density at radius 2 is 1.57 bits per heavy atom. The van der Waals surface area contributed by atoms with E-state index in [0.717, 1.165) is 32.1 Å². The van der Waals surface area contributed by atoms with E-state index in [0.29, 0.717) is 35.2 Å². The topological polar surface area (TPSA) is 66.4 Å². The van der Waals surface area contributed by atoms with E-state index in [4.69, 9.17) is 0 Å². The van der Waals surface area contributed by atoms with Gasteiger partial charge in [0, 0.05) is 7.05 Å². The monoisotopic (exact) mass is 571 g/mol. The second-order valence-electron chi connectivity index (χ2n) is 16.3. The summed E-state index contributed by atoms with van der Waals surface area (Å²) in [7, 11) is 1.84. The van der Waals surface area contributed by atoms with Gasteiger partial charge in [-0.25, -0.2) is 4.79 Å². The summed E-state index contributed by atoms with van der Waals surface area (Å²) in [5.74, 6) is 2.04. The zero-order chi connectivity index (χ0) is 30.5. The van der Waals surface area contributed by atoms with E-state index in [1.807, 2.05) is 19.2 Å². The lowest BCUT2D eigenvalue weighted by Crippen LogP contribution is -2.66. The van der Waals surface area contributed by atoms with Gasteiger partial charge in [0.05, 0.1) is 11.0 Å². The molecule has 4 heteroatoms. The molecule has 4 fully saturated rings. The van der Waals surface area contributed by atoms with Crippen LogP contribution in [0.3, 0.4) is 0 Å². The molecule has 0 aliphatic heterocycles. The van der Waals surface area contributed by atoms with Gasteiger partial charge in [0.2, 0.25) is 5.91 Å². The van der Waals surface area contributed by atoms with Crippen molar-refractivity contribution in [3.63, 3.8) is 0 Å². The molecule has 4 unspecified atom stereocenters. The van der Waals surface area contributed by atoms with Gasteiger partial charge in [0.1, 0.15) is 0 Å². The van der Waals surface area contributed by atoms with Crippen LogP contribution in [-0.2, 0) is 4.79 Å². The van der Waals surface area contributed by atoms with Crippen molar-refractivity contribution in [2.75, 3.05) is 7.05 Å². The standard InChI is InChI=1S/C38H53NO3/c1-23(2)26-15-20-38(33(42)39-8)22-21-36(6)28(31(26)38)13-14-30-35(5)18-16-27(24-9-11-25(12-10-24)32(40)41)34(3,4)29(35)17-19-37(30,36)7/h9-12,16,26,28-31H,1,13-15,17-22H2,2-8H3,(H,39,42)(H,40,41)/t26-,28?,29?,30?,31?,35-,36+,37+,38-/m0/s1. The average Bonchev–Trinajstić information content (AvgIpc) is 3.34. The fourth-order valence-corrected chi connectivity index (χ4v) is 12.7. The molecule has 42 heavy (non-hydrogen) atoms. The van der Waals surface area contributed by atoms with Crippen LogP contribution in [0.5, 0.6) is 0 Å². The van der Waals surface area contributed by atoms with Crippen LogP contribution in [-0.4, -0.2) is 24.0 Å². The Labute approximate surface area is 253 Å². The van der Waals surface area contributed by atoms with Gasteiger partial charge in [-0.1, -0.05) is 65.0 Å². The minimum atomic E-state index is -0.871. The van der Waals surface area contributed by atoms with Gasteiger partial charge in [-0.2, -0.15) is 0 Å². The molecule has 228 valence electrons. The number of nitrogens with one attached hydrogen (secondary N) is 1. The third-order valence-electron chi connectivity index (χ3n) is 14.8. The van der Waals surface area contributed by atoms with Crippen LogP contribution in [0.15, 0.2) is 42.5 Å². The number of fused-ring (bicyclic) bond motifs is 7. The van der Waals surface area contributed by atoms with Gasteiger partial charge < -0.3 is 10.4 Å². The van der Waals surface area contributed by atoms with Gasteiger partial charge in [-0.3, -0.25) is 4.79 Å². The Morgan fingerprint density at radius 3 is 2.19 bits per heavy atom. The Bertz CT molecular complexity index is 1340. The maximum absolute atomic E-state index is 13.6. The maximum atomic E-state index is 13.6. The van der Waals surface area contributed by atoms with Crippen molar-refractivity contribution in [1.82, 2.24) is 5.32 Å². The summed E-state index contributed by atoms with van der Waals surface area (Å²) in [5, 5.41) is 12.5. The van der Waals surface area contributed by atoms with Gasteiger partial charge >= 0.3 is 5.97 Å². The highest BCUT2D eigenvalue weighted by molar-refractivity contribution is 5.88. The third kappa shape index (κ3) is 3.71. The van der Waals surface area contributed by atoms with Crippen LogP contribution < -0.4 is 5.32 Å². The first-order valence-electron chi connectivity index (χ1n) is 16.6. The molecule has 1 aromatic carbocycles. The summed E-state index contributed by atoms with van der Waals surface area (Å²) in [6.45, 7) is 19.4. The third-order valence-corrected chi connectivity index (χ3v) is 14.8. The molecule has 9 atom stereocenters. The molecule has 1 amide bonds. The van der Waals surface area contributed by atoms with Crippen LogP contribution in [0.1, 0.15) is 115 Å². The first kappa shape index (κ1) is 29.7. The number of amides is 1. The van der Waals surface area contributed by atoms with Crippen molar-refractivity contribution in [2.24, 2.45) is 56.7 Å². The van der Waals surface area contributed by atoms with E-state index in [1.165, 1.54) is 42.4 Å². The van der Waals surface area contributed by atoms with Crippen molar-refractivity contribution >= 4 is 17.4 Å². The molecular formula is C38H53NO3. The van der Waals surface area contributed by atoms with Crippen molar-refractivity contribution in [1.29, 1.82) is 0 Å². The highest BCUT2D eigenvalue weighted by atomic mass is 16.4. The Kier molecular flexibility index (Phi) is 6.77. The van der Waals surface area contributed by atoms with Crippen molar-refractivity contribution in [3.05, 3.63) is 53.6 Å². The quantitative estimate of drug-likeness (QED) is 0.355. The number of carbonyl (C=O) groups excluding carboxylic acids is 1. The molecule has 4 saturated carbocycles. The largest absolute Gasteiger partial charge is 0.478 e. The molecule has 1 aromatic rings. The number of carboxylic acids is 1. The Balaban J connectivity index is 1.37. The number of hydrogen-bond donors (Lipinski definition) is 2. The molecule has 5 aliphatic rings. The molecule has 0 spiro atoms. The summed E-state index contributed by atoms with van der Waals surface area (Å²) in [6, 6.07) is 7.54. The second kappa shape index (κ2) is 9.57. The normalized spacial score (nSPS) is 43.6. The first-order valence-corrected chi connectivity index (χ1v) is 16.6. The molecular weight excluding hydrogens is 518 g/mol. The summed E-state index contributed by atoms with van der Waals surface area (Å²) < 4.78 is 0. The van der Waals surface area contributed by atoms with Crippen molar-refractivity contribution < 1.29 is 14.7 Å². The first-order chi connectivity index (χ1) is 19.7.